The molecule has 112 valence electrons. The second-order valence-electron chi connectivity index (χ2n) is 5.43. The Kier molecular flexibility index (Phi) is 7.73. The number of hydrogen-bond acceptors (Lipinski definition) is 3. The SMILES string of the molecule is CCCN(C(=O)C1CCCOC1)C1CCNCC1.Cl. The van der Waals surface area contributed by atoms with Crippen LogP contribution < -0.4 is 5.32 Å². The van der Waals surface area contributed by atoms with E-state index >= 15 is 0 Å². The predicted molar refractivity (Wildman–Crippen MR) is 78.7 cm³/mol. The normalized spacial score (nSPS) is 24.6. The molecule has 0 aliphatic carbocycles. The number of nitrogens with zero attached hydrogens (tertiary/aromatic N) is 1. The molecule has 0 saturated carbocycles. The highest BCUT2D eigenvalue weighted by Crippen LogP contribution is 2.21. The van der Waals surface area contributed by atoms with Crippen LogP contribution in [0.1, 0.15) is 39.0 Å². The Morgan fingerprint density at radius 3 is 2.63 bits per heavy atom. The van der Waals surface area contributed by atoms with Crippen molar-refractivity contribution >= 4 is 18.3 Å². The number of rotatable bonds is 4. The molecule has 0 spiro atoms. The molecule has 2 aliphatic rings. The average molecular weight is 291 g/mol. The van der Waals surface area contributed by atoms with Crippen molar-refractivity contribution in [1.82, 2.24) is 10.2 Å². The van der Waals surface area contributed by atoms with Crippen LogP contribution in [0.4, 0.5) is 0 Å². The smallest absolute Gasteiger partial charge is 0.228 e. The Labute approximate surface area is 122 Å². The van der Waals surface area contributed by atoms with Crippen molar-refractivity contribution in [1.29, 1.82) is 0 Å². The Morgan fingerprint density at radius 1 is 1.32 bits per heavy atom. The van der Waals surface area contributed by atoms with Crippen molar-refractivity contribution in [3.63, 3.8) is 0 Å². The fourth-order valence-electron chi connectivity index (χ4n) is 3.00. The molecule has 5 heteroatoms. The maximum absolute atomic E-state index is 12.6. The quantitative estimate of drug-likeness (QED) is 0.859. The molecule has 19 heavy (non-hydrogen) atoms. The Balaban J connectivity index is 0.00000180. The number of hydrogen-bond donors (Lipinski definition) is 1. The first-order valence-electron chi connectivity index (χ1n) is 7.42. The van der Waals surface area contributed by atoms with E-state index in [4.69, 9.17) is 4.74 Å². The van der Waals surface area contributed by atoms with Crippen LogP contribution in [0.25, 0.3) is 0 Å². The topological polar surface area (TPSA) is 41.6 Å². The van der Waals surface area contributed by atoms with Gasteiger partial charge in [0, 0.05) is 19.2 Å². The van der Waals surface area contributed by atoms with Crippen molar-refractivity contribution in [2.75, 3.05) is 32.8 Å². The third-order valence-corrected chi connectivity index (χ3v) is 4.01. The molecule has 1 N–H and O–H groups in total. The summed E-state index contributed by atoms with van der Waals surface area (Å²) < 4.78 is 5.46. The summed E-state index contributed by atoms with van der Waals surface area (Å²) in [7, 11) is 0. The number of carbonyl (C=O) groups excluding carboxylic acids is 1. The molecule has 0 radical (unpaired) electrons. The Morgan fingerprint density at radius 2 is 2.05 bits per heavy atom. The fraction of sp³-hybridized carbons (Fsp3) is 0.929. The number of halogens is 1. The van der Waals surface area contributed by atoms with E-state index in [1.54, 1.807) is 0 Å². The zero-order chi connectivity index (χ0) is 12.8. The molecule has 2 saturated heterocycles. The minimum absolute atomic E-state index is 0. The van der Waals surface area contributed by atoms with Gasteiger partial charge in [0.25, 0.3) is 0 Å². The fourth-order valence-corrected chi connectivity index (χ4v) is 3.00. The largest absolute Gasteiger partial charge is 0.381 e. The lowest BCUT2D eigenvalue weighted by molar-refractivity contribution is -0.142. The molecule has 2 aliphatic heterocycles. The van der Waals surface area contributed by atoms with E-state index in [1.807, 2.05) is 0 Å². The van der Waals surface area contributed by atoms with Crippen LogP contribution in [0, 0.1) is 5.92 Å². The van der Waals surface area contributed by atoms with Crippen LogP contribution in [0.3, 0.4) is 0 Å². The first-order valence-corrected chi connectivity index (χ1v) is 7.42. The van der Waals surface area contributed by atoms with Crippen LogP contribution in [0.5, 0.6) is 0 Å². The molecule has 2 rings (SSSR count). The van der Waals surface area contributed by atoms with E-state index in [9.17, 15) is 4.79 Å². The number of carbonyl (C=O) groups is 1. The highest BCUT2D eigenvalue weighted by atomic mass is 35.5. The van der Waals surface area contributed by atoms with Crippen molar-refractivity contribution in [3.05, 3.63) is 0 Å². The molecule has 4 nitrogen and oxygen atoms in total. The van der Waals surface area contributed by atoms with Gasteiger partial charge in [0.05, 0.1) is 12.5 Å². The number of ether oxygens (including phenoxy) is 1. The molecular weight excluding hydrogens is 264 g/mol. The molecule has 0 bridgehead atoms. The molecule has 0 aromatic heterocycles. The lowest BCUT2D eigenvalue weighted by atomic mass is 9.97. The number of piperidine rings is 1. The van der Waals surface area contributed by atoms with Gasteiger partial charge in [-0.15, -0.1) is 12.4 Å². The summed E-state index contributed by atoms with van der Waals surface area (Å²) in [6.45, 7) is 6.59. The first-order chi connectivity index (χ1) is 8.83. The molecular formula is C14H27ClN2O2. The minimum Gasteiger partial charge on any atom is -0.381 e. The predicted octanol–water partition coefficient (Wildman–Crippen LogP) is 1.83. The summed E-state index contributed by atoms with van der Waals surface area (Å²) in [6, 6.07) is 0.445. The highest BCUT2D eigenvalue weighted by Gasteiger charge is 2.31. The van der Waals surface area contributed by atoms with Crippen molar-refractivity contribution in [2.45, 2.75) is 45.1 Å². The van der Waals surface area contributed by atoms with Crippen molar-refractivity contribution < 1.29 is 9.53 Å². The maximum Gasteiger partial charge on any atom is 0.228 e. The number of amides is 1. The summed E-state index contributed by atoms with van der Waals surface area (Å²) in [5.74, 6) is 0.448. The van der Waals surface area contributed by atoms with Crippen LogP contribution in [0.2, 0.25) is 0 Å². The van der Waals surface area contributed by atoms with Gasteiger partial charge in [0.15, 0.2) is 0 Å². The zero-order valence-electron chi connectivity index (χ0n) is 11.9. The second kappa shape index (κ2) is 8.77. The van der Waals surface area contributed by atoms with Gasteiger partial charge in [-0.05, 0) is 45.2 Å². The lowest BCUT2D eigenvalue weighted by Gasteiger charge is -2.37. The van der Waals surface area contributed by atoms with Crippen LogP contribution in [-0.4, -0.2) is 49.7 Å². The van der Waals surface area contributed by atoms with Gasteiger partial charge in [-0.25, -0.2) is 0 Å². The van der Waals surface area contributed by atoms with Gasteiger partial charge in [0.1, 0.15) is 0 Å². The monoisotopic (exact) mass is 290 g/mol. The summed E-state index contributed by atoms with van der Waals surface area (Å²) in [5, 5.41) is 3.37. The third kappa shape index (κ3) is 4.62. The second-order valence-corrected chi connectivity index (χ2v) is 5.43. The van der Waals surface area contributed by atoms with E-state index in [2.05, 4.69) is 17.1 Å². The zero-order valence-corrected chi connectivity index (χ0v) is 12.7. The summed E-state index contributed by atoms with van der Waals surface area (Å²) in [5.41, 5.74) is 0. The average Bonchev–Trinajstić information content (AvgIpc) is 2.46. The molecule has 1 unspecified atom stereocenters. The lowest BCUT2D eigenvalue weighted by Crippen LogP contribution is -2.49. The van der Waals surface area contributed by atoms with E-state index in [1.165, 1.54) is 0 Å². The summed E-state index contributed by atoms with van der Waals surface area (Å²) in [4.78, 5) is 14.8. The molecule has 1 amide bonds. The van der Waals surface area contributed by atoms with Crippen molar-refractivity contribution in [2.24, 2.45) is 5.92 Å². The third-order valence-electron chi connectivity index (χ3n) is 4.01. The maximum atomic E-state index is 12.6. The van der Waals surface area contributed by atoms with E-state index < -0.39 is 0 Å². The number of nitrogens with one attached hydrogen (secondary N) is 1. The van der Waals surface area contributed by atoms with Gasteiger partial charge < -0.3 is 15.0 Å². The van der Waals surface area contributed by atoms with Crippen LogP contribution in [0.15, 0.2) is 0 Å². The summed E-state index contributed by atoms with van der Waals surface area (Å²) in [6.07, 6.45) is 5.27. The van der Waals surface area contributed by atoms with Crippen LogP contribution >= 0.6 is 12.4 Å². The Hall–Kier alpha value is -0.320. The van der Waals surface area contributed by atoms with Crippen LogP contribution in [-0.2, 0) is 9.53 Å². The van der Waals surface area contributed by atoms with Gasteiger partial charge in [-0.2, -0.15) is 0 Å². The minimum atomic E-state index is 0. The standard InChI is InChI=1S/C14H26N2O2.ClH/c1-2-9-16(13-5-7-15-8-6-13)14(17)12-4-3-10-18-11-12;/h12-13,15H,2-11H2,1H3;1H. The molecule has 2 fully saturated rings. The van der Waals surface area contributed by atoms with Gasteiger partial charge in [-0.1, -0.05) is 6.92 Å². The van der Waals surface area contributed by atoms with Gasteiger partial charge in [0.2, 0.25) is 5.91 Å². The van der Waals surface area contributed by atoms with E-state index in [0.29, 0.717) is 18.6 Å². The molecule has 0 aromatic carbocycles. The van der Waals surface area contributed by atoms with Gasteiger partial charge in [-0.3, -0.25) is 4.79 Å². The summed E-state index contributed by atoms with van der Waals surface area (Å²) >= 11 is 0. The van der Waals surface area contributed by atoms with Crippen molar-refractivity contribution in [3.8, 4) is 0 Å². The van der Waals surface area contributed by atoms with Gasteiger partial charge >= 0.3 is 0 Å². The Bertz CT molecular complexity index is 264. The highest BCUT2D eigenvalue weighted by molar-refractivity contribution is 5.85. The molecule has 1 atom stereocenters. The molecule has 2 heterocycles. The van der Waals surface area contributed by atoms with E-state index in [-0.39, 0.29) is 18.3 Å². The van der Waals surface area contributed by atoms with E-state index in [0.717, 1.165) is 58.3 Å². The molecule has 0 aromatic rings. The first kappa shape index (κ1) is 16.7.